The average Bonchev–Trinajstić information content (AvgIpc) is 2.50. The number of nitrogens with zero attached hydrogens (tertiary/aromatic N) is 1. The molecule has 11 heavy (non-hydrogen) atoms. The maximum Gasteiger partial charge on any atom is 0.166 e. The van der Waals surface area contributed by atoms with Gasteiger partial charge < -0.3 is 4.57 Å². The molecule has 0 aliphatic rings. The van der Waals surface area contributed by atoms with Crippen molar-refractivity contribution < 1.29 is 4.79 Å². The number of hydrogen-bond acceptors (Lipinski definition) is 1. The van der Waals surface area contributed by atoms with Crippen LogP contribution in [0.15, 0.2) is 31.5 Å². The van der Waals surface area contributed by atoms with Crippen molar-refractivity contribution in [2.75, 3.05) is 0 Å². The molecule has 0 N–H and O–H groups in total. The first-order valence-electron chi connectivity index (χ1n) is 3.24. The average molecular weight is 147 g/mol. The van der Waals surface area contributed by atoms with E-state index in [2.05, 4.69) is 13.2 Å². The number of aromatic nitrogens is 1. The molecule has 1 heterocycles. The monoisotopic (exact) mass is 147 g/mol. The summed E-state index contributed by atoms with van der Waals surface area (Å²) >= 11 is 0. The Morgan fingerprint density at radius 1 is 1.64 bits per heavy atom. The van der Waals surface area contributed by atoms with Crippen LogP contribution in [-0.2, 0) is 4.79 Å². The number of rotatable bonds is 3. The lowest BCUT2D eigenvalue weighted by Crippen LogP contribution is -1.96. The Hall–Kier alpha value is -1.57. The maximum atomic E-state index is 10.3. The third kappa shape index (κ3) is 1.29. The first kappa shape index (κ1) is 7.54. The Bertz CT molecular complexity index is 296. The van der Waals surface area contributed by atoms with Crippen LogP contribution in [0.5, 0.6) is 0 Å². The normalized spacial score (nSPS) is 9.09. The van der Waals surface area contributed by atoms with Crippen molar-refractivity contribution in [3.8, 4) is 0 Å². The summed E-state index contributed by atoms with van der Waals surface area (Å²) in [7, 11) is 0. The fraction of sp³-hybridized carbons (Fsp3) is 0. The predicted octanol–water partition coefficient (Wildman–Crippen LogP) is 1.80. The molecule has 56 valence electrons. The molecule has 0 unspecified atom stereocenters. The van der Waals surface area contributed by atoms with E-state index in [9.17, 15) is 4.79 Å². The molecular weight excluding hydrogens is 138 g/mol. The van der Waals surface area contributed by atoms with Crippen LogP contribution in [0.25, 0.3) is 11.8 Å². The summed E-state index contributed by atoms with van der Waals surface area (Å²) in [6.45, 7) is 7.17. The van der Waals surface area contributed by atoms with Gasteiger partial charge in [-0.3, -0.25) is 4.79 Å². The fourth-order valence-electron chi connectivity index (χ4n) is 0.879. The zero-order valence-electron chi connectivity index (χ0n) is 6.16. The highest BCUT2D eigenvalue weighted by molar-refractivity contribution is 5.98. The molecule has 0 radical (unpaired) electrons. The van der Waals surface area contributed by atoms with Crippen LogP contribution >= 0.6 is 0 Å². The molecule has 0 aromatic carbocycles. The van der Waals surface area contributed by atoms with Crippen molar-refractivity contribution >= 4 is 18.1 Å². The highest BCUT2D eigenvalue weighted by atomic mass is 16.1. The molecule has 1 aromatic heterocycles. The van der Waals surface area contributed by atoms with Gasteiger partial charge in [-0.25, -0.2) is 0 Å². The lowest BCUT2D eigenvalue weighted by Gasteiger charge is -2.01. The minimum atomic E-state index is 0.421. The van der Waals surface area contributed by atoms with E-state index in [1.807, 2.05) is 12.1 Å². The largest absolute Gasteiger partial charge is 0.315 e. The number of carbonyl (C=O) groups is 1. The molecule has 2 nitrogen and oxygen atoms in total. The zero-order chi connectivity index (χ0) is 8.27. The van der Waals surface area contributed by atoms with E-state index in [0.29, 0.717) is 12.0 Å². The Morgan fingerprint density at radius 2 is 2.36 bits per heavy atom. The molecular formula is C9H9NO. The number of allylic oxidation sites excluding steroid dienone is 1. The summed E-state index contributed by atoms with van der Waals surface area (Å²) in [6, 6.07) is 3.70. The van der Waals surface area contributed by atoms with Gasteiger partial charge in [0, 0.05) is 11.9 Å². The fourth-order valence-corrected chi connectivity index (χ4v) is 0.879. The Kier molecular flexibility index (Phi) is 2.06. The number of aldehydes is 1. The summed E-state index contributed by atoms with van der Waals surface area (Å²) in [5, 5.41) is 0. The molecule has 2 heteroatoms. The van der Waals surface area contributed by atoms with E-state index in [0.717, 1.165) is 5.69 Å². The Labute approximate surface area is 65.5 Å². The van der Waals surface area contributed by atoms with Gasteiger partial charge in [-0.2, -0.15) is 0 Å². The predicted molar refractivity (Wildman–Crippen MR) is 45.9 cm³/mol. The second-order valence-electron chi connectivity index (χ2n) is 2.12. The molecule has 0 fully saturated rings. The summed E-state index contributed by atoms with van der Waals surface area (Å²) in [5.41, 5.74) is 1.30. The van der Waals surface area contributed by atoms with Crippen molar-refractivity contribution in [1.82, 2.24) is 4.57 Å². The quantitative estimate of drug-likeness (QED) is 0.472. The van der Waals surface area contributed by atoms with Crippen LogP contribution in [0.2, 0.25) is 0 Å². The van der Waals surface area contributed by atoms with Gasteiger partial charge in [0.15, 0.2) is 6.29 Å². The first-order valence-corrected chi connectivity index (χ1v) is 3.24. The topological polar surface area (TPSA) is 22.0 Å². The van der Waals surface area contributed by atoms with E-state index in [-0.39, 0.29) is 0 Å². The van der Waals surface area contributed by atoms with Crippen molar-refractivity contribution in [3.05, 3.63) is 37.2 Å². The van der Waals surface area contributed by atoms with Crippen molar-refractivity contribution in [2.45, 2.75) is 0 Å². The lowest BCUT2D eigenvalue weighted by molar-refractivity contribution is -0.103. The van der Waals surface area contributed by atoms with Gasteiger partial charge in [0.25, 0.3) is 0 Å². The molecule has 0 saturated carbocycles. The SMILES string of the molecule is C=Cc1cccn1C(=C)C=O. The molecule has 0 aliphatic carbocycles. The third-order valence-electron chi connectivity index (χ3n) is 1.43. The highest BCUT2D eigenvalue weighted by Crippen LogP contribution is 2.07. The van der Waals surface area contributed by atoms with Crippen molar-refractivity contribution in [2.24, 2.45) is 0 Å². The van der Waals surface area contributed by atoms with Crippen LogP contribution in [0, 0.1) is 0 Å². The van der Waals surface area contributed by atoms with Gasteiger partial charge in [-0.1, -0.05) is 13.2 Å². The van der Waals surface area contributed by atoms with Crippen molar-refractivity contribution in [1.29, 1.82) is 0 Å². The molecule has 0 amide bonds. The smallest absolute Gasteiger partial charge is 0.166 e. The second kappa shape index (κ2) is 3.01. The van der Waals surface area contributed by atoms with Gasteiger partial charge in [-0.05, 0) is 18.2 Å². The lowest BCUT2D eigenvalue weighted by atomic mass is 10.4. The maximum absolute atomic E-state index is 10.3. The third-order valence-corrected chi connectivity index (χ3v) is 1.43. The molecule has 0 bridgehead atoms. The standard InChI is InChI=1S/C9H9NO/c1-3-9-5-4-6-10(9)8(2)7-11/h3-7H,1-2H2. The molecule has 0 aliphatic heterocycles. The van der Waals surface area contributed by atoms with E-state index in [1.165, 1.54) is 0 Å². The van der Waals surface area contributed by atoms with E-state index in [1.54, 1.807) is 16.8 Å². The van der Waals surface area contributed by atoms with Crippen LogP contribution in [0.4, 0.5) is 0 Å². The van der Waals surface area contributed by atoms with Crippen LogP contribution in [0.1, 0.15) is 5.69 Å². The zero-order valence-corrected chi connectivity index (χ0v) is 6.16. The van der Waals surface area contributed by atoms with E-state index in [4.69, 9.17) is 0 Å². The summed E-state index contributed by atoms with van der Waals surface area (Å²) in [6.07, 6.45) is 4.16. The van der Waals surface area contributed by atoms with Gasteiger partial charge in [0.1, 0.15) is 0 Å². The number of carbonyl (C=O) groups excluding carboxylic acids is 1. The highest BCUT2D eigenvalue weighted by Gasteiger charge is 1.97. The molecule has 1 aromatic rings. The second-order valence-corrected chi connectivity index (χ2v) is 2.12. The number of hydrogen-bond donors (Lipinski definition) is 0. The van der Waals surface area contributed by atoms with Crippen LogP contribution in [0.3, 0.4) is 0 Å². The molecule has 0 atom stereocenters. The first-order chi connectivity index (χ1) is 5.29. The Balaban J connectivity index is 3.11. The van der Waals surface area contributed by atoms with E-state index < -0.39 is 0 Å². The summed E-state index contributed by atoms with van der Waals surface area (Å²) in [5.74, 6) is 0. The van der Waals surface area contributed by atoms with Gasteiger partial charge in [-0.15, -0.1) is 0 Å². The van der Waals surface area contributed by atoms with Gasteiger partial charge in [0.05, 0.1) is 5.70 Å². The van der Waals surface area contributed by atoms with Gasteiger partial charge in [0.2, 0.25) is 0 Å². The molecule has 0 spiro atoms. The summed E-state index contributed by atoms with van der Waals surface area (Å²) in [4.78, 5) is 10.3. The summed E-state index contributed by atoms with van der Waals surface area (Å²) < 4.78 is 1.68. The molecule has 0 saturated heterocycles. The van der Waals surface area contributed by atoms with E-state index >= 15 is 0 Å². The molecule has 1 rings (SSSR count). The minimum absolute atomic E-state index is 0.421. The van der Waals surface area contributed by atoms with Crippen molar-refractivity contribution in [3.63, 3.8) is 0 Å². The Morgan fingerprint density at radius 3 is 2.91 bits per heavy atom. The van der Waals surface area contributed by atoms with Crippen LogP contribution in [-0.4, -0.2) is 10.9 Å². The van der Waals surface area contributed by atoms with Gasteiger partial charge >= 0.3 is 0 Å². The van der Waals surface area contributed by atoms with Crippen LogP contribution < -0.4 is 0 Å². The minimum Gasteiger partial charge on any atom is -0.315 e.